The van der Waals surface area contributed by atoms with E-state index in [1.807, 2.05) is 7.05 Å². The molecule has 1 aliphatic rings. The summed E-state index contributed by atoms with van der Waals surface area (Å²) in [5, 5.41) is 13.5. The first-order chi connectivity index (χ1) is 7.69. The second-order valence-electron chi connectivity index (χ2n) is 4.89. The minimum absolute atomic E-state index is 0.193. The summed E-state index contributed by atoms with van der Waals surface area (Å²) in [6.07, 6.45) is 6.70. The van der Waals surface area contributed by atoms with Crippen molar-refractivity contribution in [2.24, 2.45) is 18.4 Å². The highest BCUT2D eigenvalue weighted by Gasteiger charge is 2.39. The Labute approximate surface area is 96.3 Å². The maximum Gasteiger partial charge on any atom is 0.138 e. The summed E-state index contributed by atoms with van der Waals surface area (Å²) in [6, 6.07) is 2.53. The minimum atomic E-state index is -0.193. The minimum Gasteiger partial charge on any atom is -0.253 e. The van der Waals surface area contributed by atoms with Gasteiger partial charge in [-0.2, -0.15) is 10.4 Å². The van der Waals surface area contributed by atoms with E-state index in [0.29, 0.717) is 5.92 Å². The molecule has 0 aliphatic heterocycles. The zero-order valence-corrected chi connectivity index (χ0v) is 9.98. The molecule has 1 heterocycles. The van der Waals surface area contributed by atoms with Gasteiger partial charge in [0.05, 0.1) is 11.5 Å². The van der Waals surface area contributed by atoms with Crippen LogP contribution in [0.5, 0.6) is 0 Å². The average Bonchev–Trinajstić information content (AvgIpc) is 2.88. The largest absolute Gasteiger partial charge is 0.253 e. The highest BCUT2D eigenvalue weighted by atomic mass is 15.3. The van der Waals surface area contributed by atoms with Crippen LogP contribution < -0.4 is 0 Å². The quantitative estimate of drug-likeness (QED) is 0.780. The molecular formula is C12H18N4. The normalized spacial score (nSPS) is 29.2. The molecular weight excluding hydrogens is 200 g/mol. The van der Waals surface area contributed by atoms with Gasteiger partial charge in [-0.3, -0.25) is 4.68 Å². The predicted octanol–water partition coefficient (Wildman–Crippen LogP) is 2.08. The van der Waals surface area contributed by atoms with E-state index in [1.54, 1.807) is 11.0 Å². The van der Waals surface area contributed by atoms with Crippen molar-refractivity contribution in [3.63, 3.8) is 0 Å². The summed E-state index contributed by atoms with van der Waals surface area (Å²) >= 11 is 0. The van der Waals surface area contributed by atoms with Crippen molar-refractivity contribution in [1.29, 1.82) is 5.26 Å². The molecule has 1 fully saturated rings. The lowest BCUT2D eigenvalue weighted by Gasteiger charge is -2.19. The molecule has 16 heavy (non-hydrogen) atoms. The van der Waals surface area contributed by atoms with E-state index >= 15 is 0 Å². The fourth-order valence-corrected chi connectivity index (χ4v) is 2.67. The maximum absolute atomic E-state index is 9.41. The Balaban J connectivity index is 2.13. The lowest BCUT2D eigenvalue weighted by atomic mass is 9.83. The first-order valence-electron chi connectivity index (χ1n) is 5.93. The van der Waals surface area contributed by atoms with Crippen LogP contribution >= 0.6 is 0 Å². The fourth-order valence-electron chi connectivity index (χ4n) is 2.67. The number of aryl methyl sites for hydroxylation is 1. The van der Waals surface area contributed by atoms with Crippen LogP contribution in [-0.4, -0.2) is 14.8 Å². The average molecular weight is 218 g/mol. The van der Waals surface area contributed by atoms with Crippen LogP contribution in [0.4, 0.5) is 0 Å². The van der Waals surface area contributed by atoms with E-state index in [4.69, 9.17) is 0 Å². The molecule has 4 heteroatoms. The van der Waals surface area contributed by atoms with Gasteiger partial charge in [0.15, 0.2) is 0 Å². The number of nitrogens with zero attached hydrogens (tertiary/aromatic N) is 4. The van der Waals surface area contributed by atoms with Crippen LogP contribution in [0.3, 0.4) is 0 Å². The third-order valence-electron chi connectivity index (χ3n) is 3.83. The Hall–Kier alpha value is -1.37. The van der Waals surface area contributed by atoms with E-state index in [-0.39, 0.29) is 5.41 Å². The van der Waals surface area contributed by atoms with E-state index < -0.39 is 0 Å². The molecule has 0 aromatic carbocycles. The molecule has 0 spiro atoms. The SMILES string of the molecule is CCC1CCC(C#N)(Cc2ncnn2C)C1. The molecule has 2 unspecified atom stereocenters. The summed E-state index contributed by atoms with van der Waals surface area (Å²) in [4.78, 5) is 4.22. The van der Waals surface area contributed by atoms with Crippen molar-refractivity contribution in [2.45, 2.75) is 39.0 Å². The number of nitriles is 1. The molecule has 4 nitrogen and oxygen atoms in total. The molecule has 0 N–H and O–H groups in total. The Morgan fingerprint density at radius 1 is 1.69 bits per heavy atom. The van der Waals surface area contributed by atoms with Crippen molar-refractivity contribution in [3.8, 4) is 6.07 Å². The van der Waals surface area contributed by atoms with Crippen LogP contribution in [0.2, 0.25) is 0 Å². The van der Waals surface area contributed by atoms with Crippen molar-refractivity contribution in [2.75, 3.05) is 0 Å². The molecule has 1 aromatic rings. The zero-order chi connectivity index (χ0) is 11.6. The molecule has 86 valence electrons. The Kier molecular flexibility index (Phi) is 2.95. The highest BCUT2D eigenvalue weighted by Crippen LogP contribution is 2.44. The molecule has 2 atom stereocenters. The molecule has 1 aromatic heterocycles. The van der Waals surface area contributed by atoms with Gasteiger partial charge in [-0.15, -0.1) is 0 Å². The summed E-state index contributed by atoms with van der Waals surface area (Å²) < 4.78 is 1.78. The summed E-state index contributed by atoms with van der Waals surface area (Å²) in [5.41, 5.74) is -0.193. The molecule has 1 saturated carbocycles. The third kappa shape index (κ3) is 1.95. The van der Waals surface area contributed by atoms with Crippen LogP contribution in [0.1, 0.15) is 38.4 Å². The van der Waals surface area contributed by atoms with Gasteiger partial charge in [0.2, 0.25) is 0 Å². The fraction of sp³-hybridized carbons (Fsp3) is 0.750. The van der Waals surface area contributed by atoms with Gasteiger partial charge >= 0.3 is 0 Å². The summed E-state index contributed by atoms with van der Waals surface area (Å²) in [7, 11) is 1.89. The second kappa shape index (κ2) is 4.25. The third-order valence-corrected chi connectivity index (χ3v) is 3.83. The first kappa shape index (κ1) is 11.1. The second-order valence-corrected chi connectivity index (χ2v) is 4.89. The van der Waals surface area contributed by atoms with Crippen molar-refractivity contribution >= 4 is 0 Å². The lowest BCUT2D eigenvalue weighted by molar-refractivity contribution is 0.367. The Morgan fingerprint density at radius 3 is 3.00 bits per heavy atom. The monoisotopic (exact) mass is 218 g/mol. The topological polar surface area (TPSA) is 54.5 Å². The lowest BCUT2D eigenvalue weighted by Crippen LogP contribution is -2.20. The van der Waals surface area contributed by atoms with E-state index in [2.05, 4.69) is 23.1 Å². The van der Waals surface area contributed by atoms with Gasteiger partial charge in [-0.1, -0.05) is 13.3 Å². The summed E-state index contributed by atoms with van der Waals surface area (Å²) in [6.45, 7) is 2.21. The number of hydrogen-bond donors (Lipinski definition) is 0. The Morgan fingerprint density at radius 2 is 2.50 bits per heavy atom. The number of aromatic nitrogens is 3. The van der Waals surface area contributed by atoms with E-state index in [1.165, 1.54) is 12.8 Å². The standard InChI is InChI=1S/C12H18N4/c1-3-10-4-5-12(6-10,8-13)7-11-14-9-15-16(11)2/h9-10H,3-7H2,1-2H3. The molecule has 0 amide bonds. The van der Waals surface area contributed by atoms with Gasteiger partial charge in [-0.25, -0.2) is 4.98 Å². The van der Waals surface area contributed by atoms with Crippen LogP contribution in [0.25, 0.3) is 0 Å². The highest BCUT2D eigenvalue weighted by molar-refractivity contribution is 5.09. The molecule has 0 saturated heterocycles. The smallest absolute Gasteiger partial charge is 0.138 e. The molecule has 2 rings (SSSR count). The van der Waals surface area contributed by atoms with Crippen LogP contribution in [0, 0.1) is 22.7 Å². The van der Waals surface area contributed by atoms with Crippen molar-refractivity contribution in [3.05, 3.63) is 12.2 Å². The van der Waals surface area contributed by atoms with Gasteiger partial charge in [0, 0.05) is 13.5 Å². The summed E-state index contributed by atoms with van der Waals surface area (Å²) in [5.74, 6) is 1.64. The van der Waals surface area contributed by atoms with Gasteiger partial charge in [-0.05, 0) is 25.2 Å². The number of rotatable bonds is 3. The number of hydrogen-bond acceptors (Lipinski definition) is 3. The van der Waals surface area contributed by atoms with Gasteiger partial charge < -0.3 is 0 Å². The van der Waals surface area contributed by atoms with Crippen molar-refractivity contribution in [1.82, 2.24) is 14.8 Å². The van der Waals surface area contributed by atoms with Crippen LogP contribution in [0.15, 0.2) is 6.33 Å². The molecule has 0 bridgehead atoms. The first-order valence-corrected chi connectivity index (χ1v) is 5.93. The molecule has 1 aliphatic carbocycles. The van der Waals surface area contributed by atoms with Crippen LogP contribution in [-0.2, 0) is 13.5 Å². The van der Waals surface area contributed by atoms with E-state index in [9.17, 15) is 5.26 Å². The van der Waals surface area contributed by atoms with Gasteiger partial charge in [0.1, 0.15) is 12.2 Å². The molecule has 0 radical (unpaired) electrons. The van der Waals surface area contributed by atoms with Crippen molar-refractivity contribution < 1.29 is 0 Å². The predicted molar refractivity (Wildman–Crippen MR) is 60.4 cm³/mol. The van der Waals surface area contributed by atoms with Gasteiger partial charge in [0.25, 0.3) is 0 Å². The maximum atomic E-state index is 9.41. The van der Waals surface area contributed by atoms with E-state index in [0.717, 1.165) is 25.1 Å². The Bertz CT molecular complexity index is 403. The zero-order valence-electron chi connectivity index (χ0n) is 9.98.